The van der Waals surface area contributed by atoms with Gasteiger partial charge in [-0.2, -0.15) is 0 Å². The molecule has 1 aliphatic carbocycles. The Morgan fingerprint density at radius 3 is 2.25 bits per heavy atom. The molecule has 16 heavy (non-hydrogen) atoms. The molecule has 0 aromatic heterocycles. The van der Waals surface area contributed by atoms with Crippen LogP contribution in [0.2, 0.25) is 0 Å². The Morgan fingerprint density at radius 2 is 1.81 bits per heavy atom. The number of ether oxygens (including phenoxy) is 2. The minimum absolute atomic E-state index is 0.0255. The first kappa shape index (κ1) is 12.4. The summed E-state index contributed by atoms with van der Waals surface area (Å²) in [6.45, 7) is 9.38. The van der Waals surface area contributed by atoms with Crippen LogP contribution >= 0.6 is 0 Å². The van der Waals surface area contributed by atoms with E-state index in [1.807, 2.05) is 0 Å². The first-order valence-corrected chi connectivity index (χ1v) is 6.71. The molecule has 2 aliphatic rings. The summed E-state index contributed by atoms with van der Waals surface area (Å²) in [5, 5.41) is 0. The van der Waals surface area contributed by atoms with Crippen LogP contribution in [0.3, 0.4) is 0 Å². The van der Waals surface area contributed by atoms with Crippen LogP contribution in [0.25, 0.3) is 0 Å². The van der Waals surface area contributed by atoms with Gasteiger partial charge in [-0.3, -0.25) is 0 Å². The third-order valence-corrected chi connectivity index (χ3v) is 4.04. The monoisotopic (exact) mass is 226 g/mol. The molecule has 0 aromatic rings. The maximum atomic E-state index is 5.80. The van der Waals surface area contributed by atoms with Gasteiger partial charge in [-0.15, -0.1) is 0 Å². The highest BCUT2D eigenvalue weighted by molar-refractivity contribution is 4.90. The lowest BCUT2D eigenvalue weighted by atomic mass is 9.69. The normalized spacial score (nSPS) is 25.7. The first-order valence-electron chi connectivity index (χ1n) is 6.71. The Labute approximate surface area is 99.7 Å². The van der Waals surface area contributed by atoms with Crippen molar-refractivity contribution in [1.82, 2.24) is 0 Å². The van der Waals surface area contributed by atoms with E-state index >= 15 is 0 Å². The lowest BCUT2D eigenvalue weighted by Gasteiger charge is -2.46. The summed E-state index contributed by atoms with van der Waals surface area (Å²) in [7, 11) is 0. The average molecular weight is 226 g/mol. The van der Waals surface area contributed by atoms with Gasteiger partial charge in [0.15, 0.2) is 0 Å². The molecule has 0 amide bonds. The summed E-state index contributed by atoms with van der Waals surface area (Å²) in [6, 6.07) is 0. The second kappa shape index (κ2) is 4.66. The van der Waals surface area contributed by atoms with Crippen molar-refractivity contribution in [2.45, 2.75) is 58.5 Å². The van der Waals surface area contributed by atoms with Crippen LogP contribution in [0.15, 0.2) is 0 Å². The van der Waals surface area contributed by atoms with Crippen LogP contribution in [0.1, 0.15) is 52.9 Å². The zero-order valence-corrected chi connectivity index (χ0v) is 11.1. The zero-order chi connectivity index (χ0) is 11.6. The first-order chi connectivity index (χ1) is 7.49. The highest BCUT2D eigenvalue weighted by Crippen LogP contribution is 2.44. The molecule has 2 fully saturated rings. The molecule has 0 radical (unpaired) electrons. The predicted octanol–water partition coefficient (Wildman–Crippen LogP) is 3.40. The van der Waals surface area contributed by atoms with Gasteiger partial charge in [0.1, 0.15) is 0 Å². The van der Waals surface area contributed by atoms with Crippen molar-refractivity contribution in [3.63, 3.8) is 0 Å². The van der Waals surface area contributed by atoms with Crippen molar-refractivity contribution >= 4 is 0 Å². The number of rotatable bonds is 3. The van der Waals surface area contributed by atoms with Crippen molar-refractivity contribution in [3.8, 4) is 0 Å². The molecule has 1 saturated carbocycles. The van der Waals surface area contributed by atoms with E-state index in [4.69, 9.17) is 9.47 Å². The summed E-state index contributed by atoms with van der Waals surface area (Å²) in [5.74, 6) is 0.897. The van der Waals surface area contributed by atoms with Gasteiger partial charge in [0.25, 0.3) is 0 Å². The van der Waals surface area contributed by atoms with Crippen LogP contribution in [0, 0.1) is 11.3 Å². The molecule has 1 spiro atoms. The lowest BCUT2D eigenvalue weighted by molar-refractivity contribution is -0.137. The second-order valence-electron chi connectivity index (χ2n) is 6.69. The number of hydrogen-bond acceptors (Lipinski definition) is 2. The van der Waals surface area contributed by atoms with Crippen molar-refractivity contribution in [2.24, 2.45) is 11.3 Å². The van der Waals surface area contributed by atoms with E-state index in [1.54, 1.807) is 0 Å². The standard InChI is InChI=1S/C14H26O2/c1-13(2,3)16-9-6-12-4-7-14(8-5-12)10-15-11-14/h12H,4-11H2,1-3H3. The van der Waals surface area contributed by atoms with Gasteiger partial charge in [0, 0.05) is 12.0 Å². The highest BCUT2D eigenvalue weighted by atomic mass is 16.5. The summed E-state index contributed by atoms with van der Waals surface area (Å²) in [5.41, 5.74) is 0.624. The third-order valence-electron chi connectivity index (χ3n) is 4.04. The Kier molecular flexibility index (Phi) is 3.60. The fourth-order valence-corrected chi connectivity index (χ4v) is 2.79. The zero-order valence-electron chi connectivity index (χ0n) is 11.1. The molecule has 1 heterocycles. The summed E-state index contributed by atoms with van der Waals surface area (Å²) >= 11 is 0. The Hall–Kier alpha value is -0.0800. The van der Waals surface area contributed by atoms with Crippen LogP contribution in [-0.4, -0.2) is 25.4 Å². The molecule has 0 aromatic carbocycles. The topological polar surface area (TPSA) is 18.5 Å². The van der Waals surface area contributed by atoms with Crippen molar-refractivity contribution in [1.29, 1.82) is 0 Å². The van der Waals surface area contributed by atoms with Crippen molar-refractivity contribution in [3.05, 3.63) is 0 Å². The molecule has 0 unspecified atom stereocenters. The van der Waals surface area contributed by atoms with Gasteiger partial charge in [0.05, 0.1) is 18.8 Å². The minimum atomic E-state index is 0.0255. The van der Waals surface area contributed by atoms with E-state index < -0.39 is 0 Å². The molecule has 0 bridgehead atoms. The van der Waals surface area contributed by atoms with Gasteiger partial charge in [-0.05, 0) is 58.8 Å². The third kappa shape index (κ3) is 3.21. The van der Waals surface area contributed by atoms with E-state index in [-0.39, 0.29) is 5.60 Å². The van der Waals surface area contributed by atoms with Gasteiger partial charge < -0.3 is 9.47 Å². The van der Waals surface area contributed by atoms with Crippen LogP contribution in [0.4, 0.5) is 0 Å². The van der Waals surface area contributed by atoms with Gasteiger partial charge >= 0.3 is 0 Å². The molecule has 0 N–H and O–H groups in total. The van der Waals surface area contributed by atoms with Crippen LogP contribution in [0.5, 0.6) is 0 Å². The molecule has 1 aliphatic heterocycles. The molecule has 2 nitrogen and oxygen atoms in total. The lowest BCUT2D eigenvalue weighted by Crippen LogP contribution is -2.45. The van der Waals surface area contributed by atoms with Gasteiger partial charge in [-0.25, -0.2) is 0 Å². The van der Waals surface area contributed by atoms with Crippen LogP contribution < -0.4 is 0 Å². The quantitative estimate of drug-likeness (QED) is 0.734. The molecule has 1 saturated heterocycles. The summed E-state index contributed by atoms with van der Waals surface area (Å²) < 4.78 is 11.2. The largest absolute Gasteiger partial charge is 0.380 e. The fraction of sp³-hybridized carbons (Fsp3) is 1.00. The fourth-order valence-electron chi connectivity index (χ4n) is 2.79. The van der Waals surface area contributed by atoms with Gasteiger partial charge in [0.2, 0.25) is 0 Å². The molecule has 2 rings (SSSR count). The Bertz CT molecular complexity index is 215. The molecular weight excluding hydrogens is 200 g/mol. The second-order valence-corrected chi connectivity index (χ2v) is 6.69. The van der Waals surface area contributed by atoms with Crippen LogP contribution in [-0.2, 0) is 9.47 Å². The Morgan fingerprint density at radius 1 is 1.19 bits per heavy atom. The summed E-state index contributed by atoms with van der Waals surface area (Å²) in [6.07, 6.45) is 6.78. The molecule has 0 atom stereocenters. The molecular formula is C14H26O2. The van der Waals surface area contributed by atoms with E-state index in [9.17, 15) is 0 Å². The van der Waals surface area contributed by atoms with Crippen molar-refractivity contribution in [2.75, 3.05) is 19.8 Å². The van der Waals surface area contributed by atoms with E-state index in [0.29, 0.717) is 5.41 Å². The van der Waals surface area contributed by atoms with E-state index in [2.05, 4.69) is 20.8 Å². The SMILES string of the molecule is CC(C)(C)OCCC1CCC2(CC1)COC2. The highest BCUT2D eigenvalue weighted by Gasteiger charge is 2.41. The average Bonchev–Trinajstić information content (AvgIpc) is 2.14. The minimum Gasteiger partial charge on any atom is -0.380 e. The molecule has 94 valence electrons. The van der Waals surface area contributed by atoms with Gasteiger partial charge in [-0.1, -0.05) is 0 Å². The number of hydrogen-bond donors (Lipinski definition) is 0. The summed E-state index contributed by atoms with van der Waals surface area (Å²) in [4.78, 5) is 0. The predicted molar refractivity (Wildman–Crippen MR) is 65.5 cm³/mol. The smallest absolute Gasteiger partial charge is 0.0598 e. The van der Waals surface area contributed by atoms with E-state index in [1.165, 1.54) is 32.1 Å². The maximum absolute atomic E-state index is 5.80. The van der Waals surface area contributed by atoms with E-state index in [0.717, 1.165) is 25.7 Å². The Balaban J connectivity index is 1.62. The van der Waals surface area contributed by atoms with Crippen molar-refractivity contribution < 1.29 is 9.47 Å². The molecule has 2 heteroatoms. The maximum Gasteiger partial charge on any atom is 0.0598 e.